The van der Waals surface area contributed by atoms with E-state index in [0.717, 1.165) is 6.07 Å². The molecule has 1 atom stereocenters. The number of nitrogens with one attached hydrogen (secondary N) is 1. The second kappa shape index (κ2) is 7.34. The molecule has 1 aromatic carbocycles. The zero-order valence-corrected chi connectivity index (χ0v) is 11.7. The third-order valence-electron chi connectivity index (χ3n) is 2.88. The minimum atomic E-state index is -1.19. The predicted molar refractivity (Wildman–Crippen MR) is 73.2 cm³/mol. The van der Waals surface area contributed by atoms with Gasteiger partial charge in [-0.05, 0) is 13.0 Å². The zero-order valence-electron chi connectivity index (χ0n) is 11.7. The number of hydrogen-bond donors (Lipinski definition) is 2. The van der Waals surface area contributed by atoms with Crippen molar-refractivity contribution in [2.45, 2.75) is 19.4 Å². The highest BCUT2D eigenvalue weighted by molar-refractivity contribution is 5.97. The average molecular weight is 296 g/mol. The normalized spacial score (nSPS) is 11.7. The fraction of sp³-hybridized carbons (Fsp3) is 0.385. The van der Waals surface area contributed by atoms with Gasteiger partial charge in [0.1, 0.15) is 6.04 Å². The molecule has 8 heteroatoms. The summed E-state index contributed by atoms with van der Waals surface area (Å²) in [5.74, 6) is -1.87. The number of carbonyl (C=O) groups is 2. The van der Waals surface area contributed by atoms with Crippen LogP contribution in [0.2, 0.25) is 0 Å². The largest absolute Gasteiger partial charge is 0.480 e. The van der Waals surface area contributed by atoms with Crippen LogP contribution >= 0.6 is 0 Å². The molecule has 1 aromatic rings. The van der Waals surface area contributed by atoms with Gasteiger partial charge in [0, 0.05) is 37.3 Å². The minimum Gasteiger partial charge on any atom is -0.480 e. The quantitative estimate of drug-likeness (QED) is 0.575. The first-order valence-electron chi connectivity index (χ1n) is 6.14. The molecule has 1 amide bonds. The SMILES string of the molecule is COCCC(NC(=O)c1ccc(C)c([N+](=O)[O-])c1)C(=O)O. The van der Waals surface area contributed by atoms with E-state index in [1.807, 2.05) is 0 Å². The number of aliphatic carboxylic acids is 1. The molecule has 8 nitrogen and oxygen atoms in total. The number of ether oxygens (including phenoxy) is 1. The van der Waals surface area contributed by atoms with Crippen LogP contribution in [-0.2, 0) is 9.53 Å². The zero-order chi connectivity index (χ0) is 16.0. The van der Waals surface area contributed by atoms with Crippen LogP contribution in [0.1, 0.15) is 22.3 Å². The van der Waals surface area contributed by atoms with Gasteiger partial charge in [-0.25, -0.2) is 4.79 Å². The molecule has 1 rings (SSSR count). The van der Waals surface area contributed by atoms with Gasteiger partial charge in [-0.15, -0.1) is 0 Å². The Balaban J connectivity index is 2.90. The Hall–Kier alpha value is -2.48. The predicted octanol–water partition coefficient (Wildman–Crippen LogP) is 1.12. The number of aryl methyl sites for hydroxylation is 1. The van der Waals surface area contributed by atoms with E-state index in [1.165, 1.54) is 19.2 Å². The lowest BCUT2D eigenvalue weighted by Crippen LogP contribution is -2.41. The molecule has 2 N–H and O–H groups in total. The van der Waals surface area contributed by atoms with E-state index >= 15 is 0 Å². The molecule has 0 aliphatic rings. The fourth-order valence-corrected chi connectivity index (χ4v) is 1.68. The lowest BCUT2D eigenvalue weighted by Gasteiger charge is -2.14. The first-order valence-corrected chi connectivity index (χ1v) is 6.14. The Morgan fingerprint density at radius 2 is 2.14 bits per heavy atom. The first-order chi connectivity index (χ1) is 9.86. The maximum Gasteiger partial charge on any atom is 0.326 e. The highest BCUT2D eigenvalue weighted by Crippen LogP contribution is 2.19. The number of carboxylic acids is 1. The Labute approximate surface area is 120 Å². The average Bonchev–Trinajstić information content (AvgIpc) is 2.42. The monoisotopic (exact) mass is 296 g/mol. The van der Waals surface area contributed by atoms with Gasteiger partial charge in [-0.3, -0.25) is 14.9 Å². The van der Waals surface area contributed by atoms with Crippen LogP contribution in [0.5, 0.6) is 0 Å². The van der Waals surface area contributed by atoms with Crippen molar-refractivity contribution in [1.29, 1.82) is 0 Å². The number of benzene rings is 1. The summed E-state index contributed by atoms with van der Waals surface area (Å²) < 4.78 is 4.77. The molecule has 0 saturated heterocycles. The van der Waals surface area contributed by atoms with Crippen molar-refractivity contribution in [2.24, 2.45) is 0 Å². The summed E-state index contributed by atoms with van der Waals surface area (Å²) in [4.78, 5) is 33.2. The molecule has 0 saturated carbocycles. The van der Waals surface area contributed by atoms with E-state index < -0.39 is 22.8 Å². The summed E-state index contributed by atoms with van der Waals surface area (Å²) in [6, 6.07) is 2.86. The van der Waals surface area contributed by atoms with Crippen LogP contribution in [0.3, 0.4) is 0 Å². The summed E-state index contributed by atoms with van der Waals surface area (Å²) in [7, 11) is 1.42. The molecule has 0 fully saturated rings. The second-order valence-electron chi connectivity index (χ2n) is 4.40. The molecular weight excluding hydrogens is 280 g/mol. The Morgan fingerprint density at radius 1 is 1.48 bits per heavy atom. The van der Waals surface area contributed by atoms with Crippen molar-refractivity contribution in [3.63, 3.8) is 0 Å². The smallest absolute Gasteiger partial charge is 0.326 e. The van der Waals surface area contributed by atoms with Crippen LogP contribution in [0.4, 0.5) is 5.69 Å². The van der Waals surface area contributed by atoms with Gasteiger partial charge >= 0.3 is 5.97 Å². The maximum absolute atomic E-state index is 12.0. The van der Waals surface area contributed by atoms with Crippen molar-refractivity contribution >= 4 is 17.6 Å². The molecule has 0 aliphatic carbocycles. The Bertz CT molecular complexity index is 558. The summed E-state index contributed by atoms with van der Waals surface area (Å²) >= 11 is 0. The van der Waals surface area contributed by atoms with Crippen LogP contribution in [0.25, 0.3) is 0 Å². The van der Waals surface area contributed by atoms with E-state index in [9.17, 15) is 19.7 Å². The third-order valence-corrected chi connectivity index (χ3v) is 2.88. The van der Waals surface area contributed by atoms with Crippen LogP contribution < -0.4 is 5.32 Å². The number of nitro groups is 1. The van der Waals surface area contributed by atoms with Gasteiger partial charge < -0.3 is 15.2 Å². The van der Waals surface area contributed by atoms with Gasteiger partial charge in [0.25, 0.3) is 11.6 Å². The second-order valence-corrected chi connectivity index (χ2v) is 4.40. The molecule has 1 unspecified atom stereocenters. The first kappa shape index (κ1) is 16.6. The lowest BCUT2D eigenvalue weighted by atomic mass is 10.1. The van der Waals surface area contributed by atoms with Crippen molar-refractivity contribution in [3.8, 4) is 0 Å². The van der Waals surface area contributed by atoms with Gasteiger partial charge in [-0.2, -0.15) is 0 Å². The van der Waals surface area contributed by atoms with Crippen LogP contribution in [0.15, 0.2) is 18.2 Å². The summed E-state index contributed by atoms with van der Waals surface area (Å²) in [5.41, 5.74) is 0.271. The number of carboxylic acid groups (broad SMARTS) is 1. The number of methoxy groups -OCH3 is 1. The van der Waals surface area contributed by atoms with Gasteiger partial charge in [0.15, 0.2) is 0 Å². The molecule has 0 radical (unpaired) electrons. The van der Waals surface area contributed by atoms with E-state index in [4.69, 9.17) is 9.84 Å². The van der Waals surface area contributed by atoms with Crippen molar-refractivity contribution in [1.82, 2.24) is 5.32 Å². The van der Waals surface area contributed by atoms with Gasteiger partial charge in [-0.1, -0.05) is 6.07 Å². The molecular formula is C13H16N2O6. The van der Waals surface area contributed by atoms with E-state index in [1.54, 1.807) is 6.92 Å². The van der Waals surface area contributed by atoms with Crippen molar-refractivity contribution in [3.05, 3.63) is 39.4 Å². The summed E-state index contributed by atoms with van der Waals surface area (Å²) in [6.45, 7) is 1.73. The van der Waals surface area contributed by atoms with Gasteiger partial charge in [0.2, 0.25) is 0 Å². The van der Waals surface area contributed by atoms with E-state index in [2.05, 4.69) is 5.32 Å². The van der Waals surface area contributed by atoms with Crippen LogP contribution in [0, 0.1) is 17.0 Å². The molecule has 0 heterocycles. The molecule has 21 heavy (non-hydrogen) atoms. The molecule has 0 spiro atoms. The number of nitro benzene ring substituents is 1. The molecule has 0 aromatic heterocycles. The fourth-order valence-electron chi connectivity index (χ4n) is 1.68. The number of hydrogen-bond acceptors (Lipinski definition) is 5. The Kier molecular flexibility index (Phi) is 5.79. The van der Waals surface area contributed by atoms with Crippen molar-refractivity contribution in [2.75, 3.05) is 13.7 Å². The standard InChI is InChI=1S/C13H16N2O6/c1-8-3-4-9(7-11(8)15(19)20)12(16)14-10(13(17)18)5-6-21-2/h3-4,7,10H,5-6H2,1-2H3,(H,14,16)(H,17,18). The van der Waals surface area contributed by atoms with Crippen LogP contribution in [-0.4, -0.2) is 41.7 Å². The lowest BCUT2D eigenvalue weighted by molar-refractivity contribution is -0.385. The molecule has 0 bridgehead atoms. The molecule has 114 valence electrons. The third kappa shape index (κ3) is 4.53. The highest BCUT2D eigenvalue weighted by atomic mass is 16.6. The summed E-state index contributed by atoms with van der Waals surface area (Å²) in [6.07, 6.45) is 0.103. The number of carbonyl (C=O) groups excluding carboxylic acids is 1. The number of rotatable bonds is 7. The topological polar surface area (TPSA) is 119 Å². The highest BCUT2D eigenvalue weighted by Gasteiger charge is 2.22. The Morgan fingerprint density at radius 3 is 2.67 bits per heavy atom. The minimum absolute atomic E-state index is 0.0379. The molecule has 0 aliphatic heterocycles. The maximum atomic E-state index is 12.0. The van der Waals surface area contributed by atoms with E-state index in [0.29, 0.717) is 5.56 Å². The summed E-state index contributed by atoms with van der Waals surface area (Å²) in [5, 5.41) is 22.1. The van der Waals surface area contributed by atoms with Gasteiger partial charge in [0.05, 0.1) is 4.92 Å². The van der Waals surface area contributed by atoms with E-state index in [-0.39, 0.29) is 24.3 Å². The number of nitrogens with zero attached hydrogens (tertiary/aromatic N) is 1. The van der Waals surface area contributed by atoms with Crippen molar-refractivity contribution < 1.29 is 24.4 Å². The number of amides is 1.